The number of hydrogen-bond acceptors (Lipinski definition) is 1. The lowest BCUT2D eigenvalue weighted by atomic mass is 10.2. The number of H-pyrrole nitrogens is 1. The van der Waals surface area contributed by atoms with Gasteiger partial charge < -0.3 is 4.98 Å². The SMILES string of the molecule is Fc1cc(F)c(-c2nc(Br)c(C(F)(F)F)[nH]2)c(Cl)c1. The van der Waals surface area contributed by atoms with E-state index in [4.69, 9.17) is 11.6 Å². The molecule has 0 aliphatic rings. The summed E-state index contributed by atoms with van der Waals surface area (Å²) in [6, 6.07) is 1.29. The summed E-state index contributed by atoms with van der Waals surface area (Å²) >= 11 is 8.22. The molecule has 2 rings (SSSR count). The zero-order valence-corrected chi connectivity index (χ0v) is 11.1. The van der Waals surface area contributed by atoms with Gasteiger partial charge in [0, 0.05) is 6.07 Å². The van der Waals surface area contributed by atoms with Crippen LogP contribution in [-0.4, -0.2) is 9.97 Å². The van der Waals surface area contributed by atoms with Gasteiger partial charge in [0.15, 0.2) is 5.69 Å². The first-order chi connectivity index (χ1) is 8.70. The predicted octanol–water partition coefficient (Wildman–Crippen LogP) is 4.79. The summed E-state index contributed by atoms with van der Waals surface area (Å²) in [5.41, 5.74) is -1.61. The van der Waals surface area contributed by atoms with Crippen molar-refractivity contribution >= 4 is 27.5 Å². The smallest absolute Gasteiger partial charge is 0.333 e. The first-order valence-electron chi connectivity index (χ1n) is 4.67. The molecule has 0 bridgehead atoms. The van der Waals surface area contributed by atoms with Crippen molar-refractivity contribution in [1.82, 2.24) is 9.97 Å². The Labute approximate surface area is 116 Å². The largest absolute Gasteiger partial charge is 0.433 e. The number of aromatic amines is 1. The zero-order chi connectivity index (χ0) is 14.4. The number of aromatic nitrogens is 2. The molecule has 1 aromatic heterocycles. The van der Waals surface area contributed by atoms with Gasteiger partial charge in [-0.2, -0.15) is 13.2 Å². The maximum atomic E-state index is 13.6. The van der Waals surface area contributed by atoms with Crippen LogP contribution in [0.5, 0.6) is 0 Å². The normalized spacial score (nSPS) is 11.9. The van der Waals surface area contributed by atoms with Crippen LogP contribution in [0.3, 0.4) is 0 Å². The molecule has 0 radical (unpaired) electrons. The lowest BCUT2D eigenvalue weighted by Crippen LogP contribution is -2.06. The van der Waals surface area contributed by atoms with Crippen molar-refractivity contribution in [3.63, 3.8) is 0 Å². The van der Waals surface area contributed by atoms with Crippen LogP contribution >= 0.6 is 27.5 Å². The molecule has 2 nitrogen and oxygen atoms in total. The fourth-order valence-corrected chi connectivity index (χ4v) is 2.21. The first kappa shape index (κ1) is 14.3. The van der Waals surface area contributed by atoms with E-state index in [1.807, 2.05) is 4.98 Å². The van der Waals surface area contributed by atoms with Gasteiger partial charge in [-0.3, -0.25) is 0 Å². The van der Waals surface area contributed by atoms with E-state index in [0.29, 0.717) is 6.07 Å². The number of nitrogens with zero attached hydrogens (tertiary/aromatic N) is 1. The molecular weight excluding hydrogens is 358 g/mol. The number of nitrogens with one attached hydrogen (secondary N) is 1. The molecule has 0 atom stereocenters. The third-order valence-corrected chi connectivity index (χ3v) is 3.06. The lowest BCUT2D eigenvalue weighted by Gasteiger charge is -2.04. The average molecular weight is 361 g/mol. The van der Waals surface area contributed by atoms with Gasteiger partial charge in [0.05, 0.1) is 10.6 Å². The van der Waals surface area contributed by atoms with Gasteiger partial charge in [0.1, 0.15) is 22.1 Å². The highest BCUT2D eigenvalue weighted by molar-refractivity contribution is 9.10. The van der Waals surface area contributed by atoms with Crippen LogP contribution in [0.25, 0.3) is 11.4 Å². The maximum absolute atomic E-state index is 13.6. The molecule has 0 saturated carbocycles. The fraction of sp³-hybridized carbons (Fsp3) is 0.100. The van der Waals surface area contributed by atoms with Crippen LogP contribution < -0.4 is 0 Å². The van der Waals surface area contributed by atoms with Gasteiger partial charge in [-0.15, -0.1) is 0 Å². The molecule has 1 aromatic carbocycles. The number of rotatable bonds is 1. The van der Waals surface area contributed by atoms with Gasteiger partial charge in [-0.1, -0.05) is 11.6 Å². The van der Waals surface area contributed by atoms with E-state index in [9.17, 15) is 22.0 Å². The minimum atomic E-state index is -4.69. The molecule has 0 spiro atoms. The number of benzene rings is 1. The molecule has 9 heteroatoms. The summed E-state index contributed by atoms with van der Waals surface area (Å²) in [5, 5.41) is -0.382. The molecule has 0 fully saturated rings. The van der Waals surface area contributed by atoms with Crippen LogP contribution in [0.2, 0.25) is 5.02 Å². The summed E-state index contributed by atoms with van der Waals surface area (Å²) in [7, 11) is 0. The van der Waals surface area contributed by atoms with Crippen LogP contribution in [0.15, 0.2) is 16.7 Å². The maximum Gasteiger partial charge on any atom is 0.433 e. The van der Waals surface area contributed by atoms with Crippen molar-refractivity contribution in [2.45, 2.75) is 6.18 Å². The van der Waals surface area contributed by atoms with E-state index < -0.39 is 39.5 Å². The van der Waals surface area contributed by atoms with E-state index in [-0.39, 0.29) is 5.02 Å². The third kappa shape index (κ3) is 2.74. The van der Waals surface area contributed by atoms with Crippen LogP contribution in [0.1, 0.15) is 5.69 Å². The molecule has 1 N–H and O–H groups in total. The van der Waals surface area contributed by atoms with Crippen molar-refractivity contribution in [3.05, 3.63) is 39.1 Å². The van der Waals surface area contributed by atoms with E-state index in [1.165, 1.54) is 0 Å². The summed E-state index contributed by atoms with van der Waals surface area (Å²) in [4.78, 5) is 5.40. The molecular formula is C10H3BrClF5N2. The molecule has 0 aliphatic carbocycles. The summed E-state index contributed by atoms with van der Waals surface area (Å²) in [6.45, 7) is 0. The van der Waals surface area contributed by atoms with Crippen molar-refractivity contribution in [1.29, 1.82) is 0 Å². The Hall–Kier alpha value is -1.15. The highest BCUT2D eigenvalue weighted by Gasteiger charge is 2.36. The zero-order valence-electron chi connectivity index (χ0n) is 8.75. The van der Waals surface area contributed by atoms with E-state index in [2.05, 4.69) is 20.9 Å². The topological polar surface area (TPSA) is 28.7 Å². The highest BCUT2D eigenvalue weighted by Crippen LogP contribution is 2.37. The van der Waals surface area contributed by atoms with Crippen molar-refractivity contribution in [2.75, 3.05) is 0 Å². The van der Waals surface area contributed by atoms with Gasteiger partial charge in [0.2, 0.25) is 0 Å². The molecule has 0 amide bonds. The number of imidazole rings is 1. The quantitative estimate of drug-likeness (QED) is 0.727. The summed E-state index contributed by atoms with van der Waals surface area (Å²) < 4.78 is 63.5. The Morgan fingerprint density at radius 3 is 2.32 bits per heavy atom. The standard InChI is InChI=1S/C10H3BrClF5N2/c11-8-7(10(15,16)17)18-9(19-8)6-4(12)1-3(13)2-5(6)14/h1-2H,(H,18,19). The van der Waals surface area contributed by atoms with Gasteiger partial charge in [0.25, 0.3) is 0 Å². The fourth-order valence-electron chi connectivity index (χ4n) is 1.43. The molecule has 19 heavy (non-hydrogen) atoms. The van der Waals surface area contributed by atoms with Crippen molar-refractivity contribution in [3.8, 4) is 11.4 Å². The van der Waals surface area contributed by atoms with Gasteiger partial charge in [-0.25, -0.2) is 13.8 Å². The Morgan fingerprint density at radius 1 is 1.21 bits per heavy atom. The molecule has 0 saturated heterocycles. The molecule has 0 aliphatic heterocycles. The Morgan fingerprint density at radius 2 is 1.84 bits per heavy atom. The second-order valence-electron chi connectivity index (χ2n) is 3.49. The second-order valence-corrected chi connectivity index (χ2v) is 4.65. The van der Waals surface area contributed by atoms with E-state index in [1.54, 1.807) is 0 Å². The monoisotopic (exact) mass is 360 g/mol. The number of alkyl halides is 3. The minimum Gasteiger partial charge on any atom is -0.333 e. The Kier molecular flexibility index (Phi) is 3.57. The van der Waals surface area contributed by atoms with Crippen LogP contribution in [0, 0.1) is 11.6 Å². The van der Waals surface area contributed by atoms with Crippen LogP contribution in [-0.2, 0) is 6.18 Å². The molecule has 102 valence electrons. The van der Waals surface area contributed by atoms with Gasteiger partial charge >= 0.3 is 6.18 Å². The summed E-state index contributed by atoms with van der Waals surface area (Å²) in [5.74, 6) is -2.49. The predicted molar refractivity (Wildman–Crippen MR) is 61.7 cm³/mol. The first-order valence-corrected chi connectivity index (χ1v) is 5.85. The van der Waals surface area contributed by atoms with Crippen LogP contribution in [0.4, 0.5) is 22.0 Å². The average Bonchev–Trinajstić information content (AvgIpc) is 2.57. The Bertz CT molecular complexity index is 614. The van der Waals surface area contributed by atoms with Gasteiger partial charge in [-0.05, 0) is 22.0 Å². The van der Waals surface area contributed by atoms with E-state index in [0.717, 1.165) is 6.07 Å². The molecule has 2 aromatic rings. The second kappa shape index (κ2) is 4.75. The minimum absolute atomic E-state index is 0.382. The number of halogens is 7. The molecule has 1 heterocycles. The highest BCUT2D eigenvalue weighted by atomic mass is 79.9. The molecule has 0 unspecified atom stereocenters. The third-order valence-electron chi connectivity index (χ3n) is 2.19. The van der Waals surface area contributed by atoms with Crippen molar-refractivity contribution < 1.29 is 22.0 Å². The van der Waals surface area contributed by atoms with E-state index >= 15 is 0 Å². The van der Waals surface area contributed by atoms with Crippen molar-refractivity contribution in [2.24, 2.45) is 0 Å². The lowest BCUT2D eigenvalue weighted by molar-refractivity contribution is -0.141. The summed E-state index contributed by atoms with van der Waals surface area (Å²) in [6.07, 6.45) is -4.69. The number of hydrogen-bond donors (Lipinski definition) is 1. The Balaban J connectivity index is 2.61.